The Labute approximate surface area is 90.2 Å². The molecule has 4 nitrogen and oxygen atoms in total. The normalized spacial score (nSPS) is 9.67. The lowest BCUT2D eigenvalue weighted by Gasteiger charge is -2.04. The third-order valence-corrected chi connectivity index (χ3v) is 1.68. The molecule has 0 bridgehead atoms. The molecule has 4 heteroatoms. The molecular weight excluding hydrogens is 196 g/mol. The van der Waals surface area contributed by atoms with Gasteiger partial charge in [-0.3, -0.25) is 4.79 Å². The van der Waals surface area contributed by atoms with Crippen LogP contribution in [-0.2, 0) is 14.3 Å². The van der Waals surface area contributed by atoms with Crippen molar-refractivity contribution < 1.29 is 19.1 Å². The van der Waals surface area contributed by atoms with Crippen LogP contribution < -0.4 is 0 Å². The highest BCUT2D eigenvalue weighted by atomic mass is 16.6. The molecule has 0 radical (unpaired) electrons. The lowest BCUT2D eigenvalue weighted by atomic mass is 10.3. The second-order valence-corrected chi connectivity index (χ2v) is 3.21. The predicted molar refractivity (Wildman–Crippen MR) is 58.4 cm³/mol. The molecule has 0 amide bonds. The van der Waals surface area contributed by atoms with E-state index in [1.165, 1.54) is 0 Å². The number of rotatable bonds is 9. The summed E-state index contributed by atoms with van der Waals surface area (Å²) in [4.78, 5) is 19.3. The van der Waals surface area contributed by atoms with Gasteiger partial charge in [0.1, 0.15) is 6.61 Å². The number of hydrogen-bond acceptors (Lipinski definition) is 3. The van der Waals surface area contributed by atoms with Gasteiger partial charge >= 0.3 is 5.97 Å². The third-order valence-electron chi connectivity index (χ3n) is 1.68. The second-order valence-electron chi connectivity index (χ2n) is 3.21. The summed E-state index contributed by atoms with van der Waals surface area (Å²) in [6.45, 7) is 6.36. The zero-order valence-electron chi connectivity index (χ0n) is 9.20. The van der Waals surface area contributed by atoms with E-state index in [2.05, 4.69) is 6.58 Å². The summed E-state index contributed by atoms with van der Waals surface area (Å²) in [6.07, 6.45) is 3.64. The molecule has 0 aliphatic rings. The summed E-state index contributed by atoms with van der Waals surface area (Å²) >= 11 is 0. The molecule has 0 aromatic carbocycles. The largest absolute Gasteiger partial charge is 0.460 e. The third kappa shape index (κ3) is 9.15. The number of carbonyl (C=O) groups excluding carboxylic acids is 2. The molecule has 0 unspecified atom stereocenters. The predicted octanol–water partition coefficient (Wildman–Crippen LogP) is 1.47. The molecule has 0 atom stereocenters. The summed E-state index contributed by atoms with van der Waals surface area (Å²) in [7, 11) is 0. The molecule has 1 N–H and O–H groups in total. The highest BCUT2D eigenvalue weighted by Gasteiger charge is 2.01. The van der Waals surface area contributed by atoms with Crippen molar-refractivity contribution in [1.82, 2.24) is 0 Å². The monoisotopic (exact) mass is 215 g/mol. The summed E-state index contributed by atoms with van der Waals surface area (Å²) in [6, 6.07) is 0. The molecule has 0 heterocycles. The van der Waals surface area contributed by atoms with Gasteiger partial charge in [0.05, 0.1) is 13.0 Å². The van der Waals surface area contributed by atoms with Gasteiger partial charge in [-0.2, -0.15) is 0 Å². The van der Waals surface area contributed by atoms with E-state index in [9.17, 15) is 4.79 Å². The van der Waals surface area contributed by atoms with Gasteiger partial charge < -0.3 is 9.47 Å². The molecule has 0 aliphatic carbocycles. The highest BCUT2D eigenvalue weighted by molar-refractivity contribution is 5.86. The standard InChI is InChI=1S/C11H18O4/c1-10(2)11(13)15-9-8-14-7-5-3-4-6-12/h6H,1,3-5,7-9H2,2H3/p+1. The zero-order chi connectivity index (χ0) is 11.5. The molecular formula is C11H19O4+. The van der Waals surface area contributed by atoms with Crippen molar-refractivity contribution in [3.8, 4) is 0 Å². The van der Waals surface area contributed by atoms with E-state index in [4.69, 9.17) is 14.3 Å². The first-order valence-corrected chi connectivity index (χ1v) is 5.04. The Morgan fingerprint density at radius 1 is 1.33 bits per heavy atom. The topological polar surface area (TPSA) is 56.9 Å². The Balaban J connectivity index is 3.14. The molecule has 0 spiro atoms. The summed E-state index contributed by atoms with van der Waals surface area (Å²) < 4.78 is 10.0. The minimum Gasteiger partial charge on any atom is -0.460 e. The number of unbranched alkanes of at least 4 members (excludes halogenated alkanes) is 2. The summed E-state index contributed by atoms with van der Waals surface area (Å²) in [5.74, 6) is -0.381. The SMILES string of the molecule is C=C(C)C(=O)OCCOCCCCC=[OH+]. The van der Waals surface area contributed by atoms with Crippen molar-refractivity contribution in [2.75, 3.05) is 19.8 Å². The van der Waals surface area contributed by atoms with Gasteiger partial charge in [0.25, 0.3) is 6.29 Å². The Hall–Kier alpha value is -1.16. The first-order chi connectivity index (χ1) is 7.18. The van der Waals surface area contributed by atoms with E-state index < -0.39 is 0 Å². The molecule has 0 aromatic heterocycles. The van der Waals surface area contributed by atoms with E-state index in [0.717, 1.165) is 19.1 Å². The Morgan fingerprint density at radius 3 is 2.67 bits per heavy atom. The smallest absolute Gasteiger partial charge is 0.333 e. The molecule has 0 rings (SSSR count). The molecule has 86 valence electrons. The van der Waals surface area contributed by atoms with E-state index in [-0.39, 0.29) is 12.6 Å². The Bertz CT molecular complexity index is 211. The van der Waals surface area contributed by atoms with Crippen molar-refractivity contribution in [1.29, 1.82) is 0 Å². The quantitative estimate of drug-likeness (QED) is 0.192. The molecule has 0 saturated carbocycles. The molecule has 0 aromatic rings. The molecule has 15 heavy (non-hydrogen) atoms. The average Bonchev–Trinajstić information content (AvgIpc) is 2.21. The molecule has 0 aliphatic heterocycles. The maximum absolute atomic E-state index is 10.9. The van der Waals surface area contributed by atoms with Crippen LogP contribution in [0.2, 0.25) is 0 Å². The van der Waals surface area contributed by atoms with Gasteiger partial charge in [0, 0.05) is 12.2 Å². The summed E-state index contributed by atoms with van der Waals surface area (Å²) in [5.41, 5.74) is 0.397. The Kier molecular flexibility index (Phi) is 8.67. The second kappa shape index (κ2) is 9.40. The van der Waals surface area contributed by atoms with Crippen LogP contribution in [0.3, 0.4) is 0 Å². The van der Waals surface area contributed by atoms with Crippen molar-refractivity contribution in [3.63, 3.8) is 0 Å². The van der Waals surface area contributed by atoms with E-state index in [0.29, 0.717) is 25.2 Å². The van der Waals surface area contributed by atoms with Crippen LogP contribution >= 0.6 is 0 Å². The van der Waals surface area contributed by atoms with E-state index in [1.54, 1.807) is 6.92 Å². The fourth-order valence-corrected chi connectivity index (χ4v) is 0.858. The van der Waals surface area contributed by atoms with Crippen LogP contribution in [0.4, 0.5) is 0 Å². The van der Waals surface area contributed by atoms with Crippen LogP contribution in [0.15, 0.2) is 12.2 Å². The van der Waals surface area contributed by atoms with Gasteiger partial charge in [-0.1, -0.05) is 6.58 Å². The molecule has 0 saturated heterocycles. The van der Waals surface area contributed by atoms with Gasteiger partial charge in [-0.05, 0) is 19.8 Å². The Morgan fingerprint density at radius 2 is 2.07 bits per heavy atom. The van der Waals surface area contributed by atoms with E-state index in [1.807, 2.05) is 0 Å². The number of hydrogen-bond donors (Lipinski definition) is 0. The van der Waals surface area contributed by atoms with E-state index >= 15 is 0 Å². The number of carbonyl (C=O) groups is 1. The maximum Gasteiger partial charge on any atom is 0.333 e. The van der Waals surface area contributed by atoms with Crippen molar-refractivity contribution in [3.05, 3.63) is 12.2 Å². The minimum atomic E-state index is -0.381. The number of ether oxygens (including phenoxy) is 2. The maximum atomic E-state index is 10.9. The van der Waals surface area contributed by atoms with Crippen LogP contribution in [0.1, 0.15) is 26.2 Å². The van der Waals surface area contributed by atoms with Crippen molar-refractivity contribution >= 4 is 12.3 Å². The lowest BCUT2D eigenvalue weighted by molar-refractivity contribution is -0.140. The van der Waals surface area contributed by atoms with Gasteiger partial charge in [0.15, 0.2) is 0 Å². The molecule has 0 fully saturated rings. The average molecular weight is 215 g/mol. The van der Waals surface area contributed by atoms with Crippen LogP contribution in [0, 0.1) is 0 Å². The minimum absolute atomic E-state index is 0.262. The highest BCUT2D eigenvalue weighted by Crippen LogP contribution is 1.94. The lowest BCUT2D eigenvalue weighted by Crippen LogP contribution is -2.11. The van der Waals surface area contributed by atoms with Gasteiger partial charge in [0.2, 0.25) is 0 Å². The van der Waals surface area contributed by atoms with Crippen molar-refractivity contribution in [2.45, 2.75) is 26.2 Å². The van der Waals surface area contributed by atoms with Gasteiger partial charge in [-0.25, -0.2) is 4.79 Å². The van der Waals surface area contributed by atoms with Crippen molar-refractivity contribution in [2.24, 2.45) is 0 Å². The fourth-order valence-electron chi connectivity index (χ4n) is 0.858. The number of esters is 1. The summed E-state index contributed by atoms with van der Waals surface area (Å²) in [5, 5.41) is 0. The first kappa shape index (κ1) is 13.8. The zero-order valence-corrected chi connectivity index (χ0v) is 9.20. The van der Waals surface area contributed by atoms with Crippen LogP contribution in [0.5, 0.6) is 0 Å². The first-order valence-electron chi connectivity index (χ1n) is 5.04. The fraction of sp³-hybridized carbons (Fsp3) is 0.636. The number of aldehydes is 1. The van der Waals surface area contributed by atoms with Gasteiger partial charge in [-0.15, -0.1) is 0 Å². The van der Waals surface area contributed by atoms with Crippen LogP contribution in [0.25, 0.3) is 0 Å². The van der Waals surface area contributed by atoms with Crippen LogP contribution in [-0.4, -0.2) is 36.9 Å².